The normalized spacial score (nSPS) is 13.6. The van der Waals surface area contributed by atoms with Crippen molar-refractivity contribution >= 4 is 17.3 Å². The molecular weight excluding hydrogens is 357 g/mol. The van der Waals surface area contributed by atoms with Crippen molar-refractivity contribution in [3.63, 3.8) is 0 Å². The molecule has 1 aromatic rings. The quantitative estimate of drug-likeness (QED) is 0.619. The molecule has 0 unspecified atom stereocenters. The van der Waals surface area contributed by atoms with Crippen LogP contribution in [0.2, 0.25) is 5.02 Å². The summed E-state index contributed by atoms with van der Waals surface area (Å²) in [6.07, 6.45) is -12.8. The zero-order valence-corrected chi connectivity index (χ0v) is 10.8. The zero-order valence-electron chi connectivity index (χ0n) is 10.00. The van der Waals surface area contributed by atoms with Crippen LogP contribution < -0.4 is 10.5 Å². The number of halogens is 10. The van der Waals surface area contributed by atoms with Crippen LogP contribution in [-0.2, 0) is 5.67 Å². The lowest BCUT2D eigenvalue weighted by atomic mass is 9.93. The number of ether oxygens (including phenoxy) is 1. The van der Waals surface area contributed by atoms with Gasteiger partial charge in [-0.3, -0.25) is 0 Å². The molecule has 126 valence electrons. The molecule has 0 bridgehead atoms. The number of hydrogen-bond acceptors (Lipinski definition) is 2. The molecule has 0 fully saturated rings. The van der Waals surface area contributed by atoms with Crippen LogP contribution >= 0.6 is 11.6 Å². The molecule has 0 aliphatic heterocycles. The lowest BCUT2D eigenvalue weighted by Crippen LogP contribution is -2.50. The maximum atomic E-state index is 13.8. The Bertz CT molecular complexity index is 541. The van der Waals surface area contributed by atoms with Gasteiger partial charge in [0.2, 0.25) is 0 Å². The van der Waals surface area contributed by atoms with Gasteiger partial charge >= 0.3 is 24.6 Å². The van der Waals surface area contributed by atoms with Crippen molar-refractivity contribution in [2.75, 3.05) is 5.73 Å². The predicted octanol–water partition coefficient (Wildman–Crippen LogP) is 4.81. The fraction of sp³-hybridized carbons (Fsp3) is 0.400. The van der Waals surface area contributed by atoms with Crippen LogP contribution in [0.25, 0.3) is 0 Å². The van der Waals surface area contributed by atoms with Gasteiger partial charge in [0.05, 0.1) is 10.7 Å². The molecule has 0 aliphatic rings. The van der Waals surface area contributed by atoms with E-state index in [0.717, 1.165) is 0 Å². The largest absolute Gasteiger partial charge is 0.435 e. The van der Waals surface area contributed by atoms with Crippen molar-refractivity contribution in [1.82, 2.24) is 0 Å². The van der Waals surface area contributed by atoms with Gasteiger partial charge in [-0.2, -0.15) is 35.1 Å². The highest BCUT2D eigenvalue weighted by Crippen LogP contribution is 2.54. The lowest BCUT2D eigenvalue weighted by Gasteiger charge is -2.30. The molecule has 1 aromatic carbocycles. The first-order valence-corrected chi connectivity index (χ1v) is 5.46. The summed E-state index contributed by atoms with van der Waals surface area (Å²) in [5, 5.41) is -1.01. The highest BCUT2D eigenvalue weighted by Gasteiger charge is 2.73. The molecule has 0 aromatic heterocycles. The first-order valence-electron chi connectivity index (χ1n) is 5.08. The molecule has 2 N–H and O–H groups in total. The van der Waals surface area contributed by atoms with Crippen LogP contribution in [0.15, 0.2) is 12.1 Å². The Hall–Kier alpha value is -1.52. The Morgan fingerprint density at radius 3 is 1.77 bits per heavy atom. The molecule has 0 amide bonds. The van der Waals surface area contributed by atoms with Gasteiger partial charge in [-0.15, -0.1) is 0 Å². The Balaban J connectivity index is 3.62. The molecule has 0 aliphatic carbocycles. The number of alkyl halides is 9. The minimum atomic E-state index is -6.42. The summed E-state index contributed by atoms with van der Waals surface area (Å²) in [5.41, 5.74) is -3.69. The number of benzene rings is 1. The van der Waals surface area contributed by atoms with E-state index < -0.39 is 46.7 Å². The highest BCUT2D eigenvalue weighted by atomic mass is 35.5. The number of anilines is 1. The zero-order chi connectivity index (χ0) is 17.5. The van der Waals surface area contributed by atoms with Gasteiger partial charge in [0, 0.05) is 5.56 Å². The average molecular weight is 362 g/mol. The van der Waals surface area contributed by atoms with Crippen LogP contribution in [0.1, 0.15) is 5.56 Å². The maximum absolute atomic E-state index is 13.8. The van der Waals surface area contributed by atoms with Gasteiger partial charge in [-0.25, -0.2) is 4.39 Å². The molecule has 12 heteroatoms. The van der Waals surface area contributed by atoms with E-state index in [1.165, 1.54) is 0 Å². The van der Waals surface area contributed by atoms with Crippen LogP contribution in [-0.4, -0.2) is 19.0 Å². The first-order chi connectivity index (χ1) is 9.71. The van der Waals surface area contributed by atoms with Crippen molar-refractivity contribution < 1.29 is 44.3 Å². The molecule has 0 saturated heterocycles. The van der Waals surface area contributed by atoms with Crippen LogP contribution in [0.4, 0.5) is 45.2 Å². The molecule has 1 rings (SSSR count). The summed E-state index contributed by atoms with van der Waals surface area (Å²) in [6.45, 7) is -3.63. The molecule has 0 atom stereocenters. The van der Waals surface area contributed by atoms with Gasteiger partial charge in [-0.05, 0) is 12.1 Å². The standard InChI is InChI=1S/C10H5ClF9NO/c11-4-1-3(2-5(6(4)21)22-7(12)13)8(14,9(15,16)17)10(18,19)20/h1-2,7H,21H2. The molecule has 0 heterocycles. The molecular formula is C10H5ClF9NO. The minimum Gasteiger partial charge on any atom is -0.433 e. The summed E-state index contributed by atoms with van der Waals surface area (Å²) in [6, 6.07) is -0.287. The van der Waals surface area contributed by atoms with E-state index in [1.807, 2.05) is 0 Å². The average Bonchev–Trinajstić information content (AvgIpc) is 2.30. The SMILES string of the molecule is Nc1c(Cl)cc(C(F)(C(F)(F)F)C(F)(F)F)cc1OC(F)F. The van der Waals surface area contributed by atoms with E-state index in [0.29, 0.717) is 0 Å². The van der Waals surface area contributed by atoms with Crippen molar-refractivity contribution in [3.05, 3.63) is 22.7 Å². The van der Waals surface area contributed by atoms with Gasteiger partial charge < -0.3 is 10.5 Å². The Morgan fingerprint density at radius 1 is 0.955 bits per heavy atom. The fourth-order valence-electron chi connectivity index (χ4n) is 1.47. The van der Waals surface area contributed by atoms with Crippen molar-refractivity contribution in [1.29, 1.82) is 0 Å². The third kappa shape index (κ3) is 3.13. The smallest absolute Gasteiger partial charge is 0.433 e. The van der Waals surface area contributed by atoms with Crippen molar-refractivity contribution in [3.8, 4) is 5.75 Å². The first kappa shape index (κ1) is 18.5. The van der Waals surface area contributed by atoms with E-state index in [-0.39, 0.29) is 12.1 Å². The second-order valence-electron chi connectivity index (χ2n) is 3.90. The molecule has 0 saturated carbocycles. The number of rotatable bonds is 3. The molecule has 0 spiro atoms. The van der Waals surface area contributed by atoms with Gasteiger partial charge in [0.1, 0.15) is 0 Å². The maximum Gasteiger partial charge on any atom is 0.435 e. The highest BCUT2D eigenvalue weighted by molar-refractivity contribution is 6.33. The van der Waals surface area contributed by atoms with Crippen LogP contribution in [0.5, 0.6) is 5.75 Å². The fourth-order valence-corrected chi connectivity index (χ4v) is 1.68. The van der Waals surface area contributed by atoms with Crippen molar-refractivity contribution in [2.24, 2.45) is 0 Å². The van der Waals surface area contributed by atoms with Gasteiger partial charge in [0.15, 0.2) is 5.75 Å². The minimum absolute atomic E-state index is 0.0593. The van der Waals surface area contributed by atoms with Crippen LogP contribution in [0, 0.1) is 0 Å². The van der Waals surface area contributed by atoms with E-state index in [9.17, 15) is 39.5 Å². The number of hydrogen-bond donors (Lipinski definition) is 1. The summed E-state index contributed by atoms with van der Waals surface area (Å²) in [7, 11) is 0. The molecule has 0 radical (unpaired) electrons. The molecule has 22 heavy (non-hydrogen) atoms. The van der Waals surface area contributed by atoms with Crippen molar-refractivity contribution in [2.45, 2.75) is 24.6 Å². The predicted molar refractivity (Wildman–Crippen MR) is 57.4 cm³/mol. The monoisotopic (exact) mass is 361 g/mol. The lowest BCUT2D eigenvalue weighted by molar-refractivity contribution is -0.348. The Morgan fingerprint density at radius 2 is 1.41 bits per heavy atom. The second-order valence-corrected chi connectivity index (χ2v) is 4.31. The summed E-state index contributed by atoms with van der Waals surface area (Å²) in [4.78, 5) is 0. The van der Waals surface area contributed by atoms with Gasteiger partial charge in [-0.1, -0.05) is 11.6 Å². The Labute approximate surface area is 121 Å². The van der Waals surface area contributed by atoms with E-state index in [1.54, 1.807) is 0 Å². The summed E-state index contributed by atoms with van der Waals surface area (Å²) >= 11 is 5.26. The third-order valence-electron chi connectivity index (χ3n) is 2.49. The summed E-state index contributed by atoms with van der Waals surface area (Å²) in [5.74, 6) is -1.31. The second kappa shape index (κ2) is 5.60. The Kier molecular flexibility index (Phi) is 4.71. The van der Waals surface area contributed by atoms with E-state index in [2.05, 4.69) is 4.74 Å². The van der Waals surface area contributed by atoms with Gasteiger partial charge in [0.25, 0.3) is 0 Å². The number of nitrogens with two attached hydrogens (primary N) is 1. The summed E-state index contributed by atoms with van der Waals surface area (Å²) < 4.78 is 117. The van der Waals surface area contributed by atoms with Crippen LogP contribution in [0.3, 0.4) is 0 Å². The number of nitrogen functional groups attached to an aromatic ring is 1. The third-order valence-corrected chi connectivity index (χ3v) is 2.80. The molecule has 2 nitrogen and oxygen atoms in total. The van der Waals surface area contributed by atoms with E-state index >= 15 is 0 Å². The van der Waals surface area contributed by atoms with E-state index in [4.69, 9.17) is 17.3 Å². The topological polar surface area (TPSA) is 35.2 Å².